The number of nitrogens with zero attached hydrogens (tertiary/aromatic N) is 1. The molecule has 2 rings (SSSR count). The van der Waals surface area contributed by atoms with Crippen molar-refractivity contribution in [2.75, 3.05) is 19.0 Å². The molecule has 0 aliphatic carbocycles. The first kappa shape index (κ1) is 13.1. The van der Waals surface area contributed by atoms with Gasteiger partial charge in [-0.1, -0.05) is 11.6 Å². The fourth-order valence-corrected chi connectivity index (χ4v) is 2.00. The highest BCUT2D eigenvalue weighted by atomic mass is 35.5. The average molecular weight is 269 g/mol. The molecule has 0 aliphatic rings. The van der Waals surface area contributed by atoms with Gasteiger partial charge < -0.3 is 10.1 Å². The molecule has 0 radical (unpaired) electrons. The lowest BCUT2D eigenvalue weighted by atomic mass is 10.1. The fourth-order valence-electron chi connectivity index (χ4n) is 1.85. The highest BCUT2D eigenvalue weighted by Gasteiger charge is 2.12. The monoisotopic (exact) mass is 268 g/mol. The second-order valence-corrected chi connectivity index (χ2v) is 4.29. The normalized spacial score (nSPS) is 10.9. The summed E-state index contributed by atoms with van der Waals surface area (Å²) in [5.41, 5.74) is 1.78. The van der Waals surface area contributed by atoms with Crippen LogP contribution in [0, 0.1) is 5.82 Å². The van der Waals surface area contributed by atoms with Crippen LogP contribution in [-0.2, 0) is 11.3 Å². The Morgan fingerprint density at radius 1 is 1.44 bits per heavy atom. The minimum absolute atomic E-state index is 0.0759. The van der Waals surface area contributed by atoms with Crippen LogP contribution >= 0.6 is 11.6 Å². The summed E-state index contributed by atoms with van der Waals surface area (Å²) < 4.78 is 19.0. The van der Waals surface area contributed by atoms with Crippen molar-refractivity contribution in [3.05, 3.63) is 34.7 Å². The van der Waals surface area contributed by atoms with E-state index in [0.29, 0.717) is 12.3 Å². The maximum absolute atomic E-state index is 14.0. The number of ether oxygens (including phenoxy) is 1. The number of anilines is 1. The maximum Gasteiger partial charge on any atom is 0.168 e. The van der Waals surface area contributed by atoms with Gasteiger partial charge in [0.05, 0.1) is 17.3 Å². The van der Waals surface area contributed by atoms with Crippen LogP contribution in [0.15, 0.2) is 18.2 Å². The van der Waals surface area contributed by atoms with Crippen molar-refractivity contribution in [1.29, 1.82) is 0 Å². The molecule has 2 aromatic rings. The third kappa shape index (κ3) is 2.40. The largest absolute Gasteiger partial charge is 0.385 e. The van der Waals surface area contributed by atoms with Crippen LogP contribution in [0.3, 0.4) is 0 Å². The van der Waals surface area contributed by atoms with Gasteiger partial charge in [0.2, 0.25) is 0 Å². The molecule has 1 aromatic carbocycles. The molecule has 0 spiro atoms. The summed E-state index contributed by atoms with van der Waals surface area (Å²) in [5.74, 6) is -0.494. The second kappa shape index (κ2) is 5.50. The van der Waals surface area contributed by atoms with Crippen LogP contribution in [0.2, 0.25) is 5.02 Å². The van der Waals surface area contributed by atoms with Gasteiger partial charge >= 0.3 is 0 Å². The molecule has 0 bridgehead atoms. The van der Waals surface area contributed by atoms with Crippen molar-refractivity contribution in [3.8, 4) is 0 Å². The summed E-state index contributed by atoms with van der Waals surface area (Å²) in [7, 11) is 1.58. The lowest BCUT2D eigenvalue weighted by Gasteiger charge is -2.11. The molecule has 96 valence electrons. The van der Waals surface area contributed by atoms with Gasteiger partial charge in [0.25, 0.3) is 0 Å². The summed E-state index contributed by atoms with van der Waals surface area (Å²) in [6, 6.07) is 5.17. The Morgan fingerprint density at radius 2 is 2.22 bits per heavy atom. The molecule has 1 heterocycles. The van der Waals surface area contributed by atoms with Crippen molar-refractivity contribution < 1.29 is 9.13 Å². The second-order valence-electron chi connectivity index (χ2n) is 3.88. The number of pyridine rings is 1. The van der Waals surface area contributed by atoms with Crippen LogP contribution in [-0.4, -0.2) is 18.6 Å². The maximum atomic E-state index is 14.0. The number of nitrogens with one attached hydrogen (secondary N) is 1. The van der Waals surface area contributed by atoms with Crippen molar-refractivity contribution in [2.24, 2.45) is 0 Å². The zero-order chi connectivity index (χ0) is 13.1. The molecule has 0 atom stereocenters. The zero-order valence-electron chi connectivity index (χ0n) is 10.3. The van der Waals surface area contributed by atoms with Crippen LogP contribution in [0.4, 0.5) is 10.1 Å². The van der Waals surface area contributed by atoms with Crippen LogP contribution in [0.25, 0.3) is 10.9 Å². The van der Waals surface area contributed by atoms with E-state index in [9.17, 15) is 4.39 Å². The Labute approximate surface area is 110 Å². The van der Waals surface area contributed by atoms with Crippen LogP contribution in [0.1, 0.15) is 12.6 Å². The Morgan fingerprint density at radius 3 is 2.89 bits per heavy atom. The zero-order valence-corrected chi connectivity index (χ0v) is 11.0. The van der Waals surface area contributed by atoms with Gasteiger partial charge in [0.1, 0.15) is 5.52 Å². The van der Waals surface area contributed by atoms with E-state index in [4.69, 9.17) is 16.3 Å². The highest BCUT2D eigenvalue weighted by Crippen LogP contribution is 2.29. The quantitative estimate of drug-likeness (QED) is 0.920. The van der Waals surface area contributed by atoms with E-state index in [1.807, 2.05) is 13.0 Å². The van der Waals surface area contributed by atoms with Crippen molar-refractivity contribution >= 4 is 28.2 Å². The smallest absolute Gasteiger partial charge is 0.168 e. The van der Waals surface area contributed by atoms with Crippen LogP contribution in [0.5, 0.6) is 0 Å². The van der Waals surface area contributed by atoms with Crippen molar-refractivity contribution in [2.45, 2.75) is 13.5 Å². The Balaban J connectivity index is 2.68. The molecule has 0 saturated carbocycles. The number of hydrogen-bond donors (Lipinski definition) is 1. The number of hydrogen-bond acceptors (Lipinski definition) is 3. The Kier molecular flexibility index (Phi) is 3.99. The number of rotatable bonds is 4. The van der Waals surface area contributed by atoms with Gasteiger partial charge in [-0.15, -0.1) is 0 Å². The molecule has 1 N–H and O–H groups in total. The van der Waals surface area contributed by atoms with Gasteiger partial charge in [0.15, 0.2) is 5.82 Å². The van der Waals surface area contributed by atoms with E-state index in [1.165, 1.54) is 6.07 Å². The minimum atomic E-state index is -0.494. The summed E-state index contributed by atoms with van der Waals surface area (Å²) >= 11 is 5.78. The topological polar surface area (TPSA) is 34.1 Å². The Hall–Kier alpha value is -1.39. The summed E-state index contributed by atoms with van der Waals surface area (Å²) in [6.45, 7) is 3.06. The first-order valence-electron chi connectivity index (χ1n) is 5.67. The first-order valence-corrected chi connectivity index (χ1v) is 6.05. The fraction of sp³-hybridized carbons (Fsp3) is 0.308. The van der Waals surface area contributed by atoms with E-state index in [1.54, 1.807) is 13.2 Å². The third-order valence-corrected chi connectivity index (χ3v) is 2.88. The minimum Gasteiger partial charge on any atom is -0.385 e. The van der Waals surface area contributed by atoms with E-state index in [2.05, 4.69) is 10.3 Å². The van der Waals surface area contributed by atoms with E-state index in [0.717, 1.165) is 17.6 Å². The molecular weight excluding hydrogens is 255 g/mol. The van der Waals surface area contributed by atoms with Gasteiger partial charge in [-0.05, 0) is 25.1 Å². The number of aromatic nitrogens is 1. The molecule has 0 aliphatic heterocycles. The van der Waals surface area contributed by atoms with Gasteiger partial charge in [-0.25, -0.2) is 9.37 Å². The third-order valence-electron chi connectivity index (χ3n) is 2.59. The highest BCUT2D eigenvalue weighted by molar-refractivity contribution is 6.31. The summed E-state index contributed by atoms with van der Waals surface area (Å²) in [6.07, 6.45) is 0. The van der Waals surface area contributed by atoms with Gasteiger partial charge in [-0.2, -0.15) is 0 Å². The standard InChI is InChI=1S/C13H14ClFN2O/c1-3-16-11-6-8(7-18-2)17-13-9(11)4-5-10(14)12(13)15/h4-6H,3,7H2,1-2H3,(H,16,17). The van der Waals surface area contributed by atoms with E-state index >= 15 is 0 Å². The van der Waals surface area contributed by atoms with Crippen molar-refractivity contribution in [3.63, 3.8) is 0 Å². The number of fused-ring (bicyclic) bond motifs is 1. The average Bonchev–Trinajstić information content (AvgIpc) is 2.35. The SMILES string of the molecule is CCNc1cc(COC)nc2c(F)c(Cl)ccc12. The van der Waals surface area contributed by atoms with Crippen LogP contribution < -0.4 is 5.32 Å². The predicted octanol–water partition coefficient (Wildman–Crippen LogP) is 3.61. The first-order chi connectivity index (χ1) is 8.67. The number of benzene rings is 1. The van der Waals surface area contributed by atoms with E-state index in [-0.39, 0.29) is 10.5 Å². The lowest BCUT2D eigenvalue weighted by Crippen LogP contribution is -2.02. The van der Waals surface area contributed by atoms with Crippen molar-refractivity contribution in [1.82, 2.24) is 4.98 Å². The number of methoxy groups -OCH3 is 1. The molecule has 3 nitrogen and oxygen atoms in total. The summed E-state index contributed by atoms with van der Waals surface area (Å²) in [4.78, 5) is 4.24. The summed E-state index contributed by atoms with van der Waals surface area (Å²) in [5, 5.41) is 3.99. The molecular formula is C13H14ClFN2O. The lowest BCUT2D eigenvalue weighted by molar-refractivity contribution is 0.182. The molecule has 0 amide bonds. The van der Waals surface area contributed by atoms with Gasteiger partial charge in [-0.3, -0.25) is 0 Å². The van der Waals surface area contributed by atoms with Gasteiger partial charge in [0, 0.05) is 24.7 Å². The predicted molar refractivity (Wildman–Crippen MR) is 71.6 cm³/mol. The number of halogens is 2. The molecule has 0 saturated heterocycles. The molecule has 1 aromatic heterocycles. The molecule has 0 unspecified atom stereocenters. The molecule has 0 fully saturated rings. The van der Waals surface area contributed by atoms with E-state index < -0.39 is 5.82 Å². The molecule has 5 heteroatoms. The molecule has 18 heavy (non-hydrogen) atoms. The Bertz CT molecular complexity index is 574.